The lowest BCUT2D eigenvalue weighted by atomic mass is 9.94. The zero-order chi connectivity index (χ0) is 23.1. The summed E-state index contributed by atoms with van der Waals surface area (Å²) < 4.78 is 19.4. The van der Waals surface area contributed by atoms with E-state index in [1.165, 1.54) is 29.2 Å². The second-order valence-electron chi connectivity index (χ2n) is 7.89. The fraction of sp³-hybridized carbons (Fsp3) is 0.111. The highest BCUT2D eigenvalue weighted by molar-refractivity contribution is 6.20. The van der Waals surface area contributed by atoms with E-state index in [-0.39, 0.29) is 11.3 Å². The van der Waals surface area contributed by atoms with Crippen LogP contribution in [0, 0.1) is 5.82 Å². The first-order valence-electron chi connectivity index (χ1n) is 10.6. The average Bonchev–Trinajstić information content (AvgIpc) is 3.39. The van der Waals surface area contributed by atoms with Crippen molar-refractivity contribution in [2.75, 3.05) is 4.90 Å². The van der Waals surface area contributed by atoms with Gasteiger partial charge in [-0.2, -0.15) is 0 Å². The molecule has 1 unspecified atom stereocenters. The smallest absolute Gasteiger partial charge is 0.294 e. The van der Waals surface area contributed by atoms with Gasteiger partial charge in [-0.1, -0.05) is 49.4 Å². The van der Waals surface area contributed by atoms with Crippen LogP contribution in [-0.4, -0.2) is 16.8 Å². The van der Waals surface area contributed by atoms with E-state index in [4.69, 9.17) is 4.42 Å². The number of hydrogen-bond acceptors (Lipinski definition) is 4. The van der Waals surface area contributed by atoms with Gasteiger partial charge in [0.15, 0.2) is 11.5 Å². The molecule has 0 spiro atoms. The number of aryl methyl sites for hydroxylation is 1. The zero-order valence-electron chi connectivity index (χ0n) is 17.8. The zero-order valence-corrected chi connectivity index (χ0v) is 17.8. The molecular weight excluding hydrogens is 421 g/mol. The molecular formula is C27H20FNO4. The number of carbonyl (C=O) groups excluding carboxylic acids is 2. The molecule has 1 aliphatic heterocycles. The highest BCUT2D eigenvalue weighted by atomic mass is 19.1. The summed E-state index contributed by atoms with van der Waals surface area (Å²) >= 11 is 0. The molecule has 0 saturated heterocycles. The van der Waals surface area contributed by atoms with Crippen LogP contribution >= 0.6 is 0 Å². The van der Waals surface area contributed by atoms with Crippen LogP contribution in [0.4, 0.5) is 10.1 Å². The first-order chi connectivity index (χ1) is 16.0. The lowest BCUT2D eigenvalue weighted by Crippen LogP contribution is -2.31. The van der Waals surface area contributed by atoms with Gasteiger partial charge in [-0.05, 0) is 53.9 Å². The Morgan fingerprint density at radius 2 is 1.73 bits per heavy atom. The number of aliphatic hydroxyl groups excluding tert-OH is 1. The van der Waals surface area contributed by atoms with Crippen LogP contribution in [0.25, 0.3) is 11.0 Å². The van der Waals surface area contributed by atoms with E-state index < -0.39 is 29.3 Å². The number of nitrogens with zero attached hydrogens (tertiary/aromatic N) is 1. The van der Waals surface area contributed by atoms with E-state index in [0.717, 1.165) is 17.4 Å². The summed E-state index contributed by atoms with van der Waals surface area (Å²) in [5.41, 5.74) is 2.51. The van der Waals surface area contributed by atoms with Crippen LogP contribution in [-0.2, 0) is 11.2 Å². The first-order valence-corrected chi connectivity index (χ1v) is 10.6. The molecule has 5 nitrogen and oxygen atoms in total. The SMILES string of the molecule is CCc1ccc(N2C(=O)C(O)=C(C(=O)c3cc4ccccc4o3)C2c2ccc(F)cc2)cc1. The first kappa shape index (κ1) is 20.7. The number of para-hydroxylation sites is 1. The van der Waals surface area contributed by atoms with Crippen molar-refractivity contribution in [1.29, 1.82) is 0 Å². The number of fused-ring (bicyclic) bond motifs is 1. The van der Waals surface area contributed by atoms with Crippen LogP contribution < -0.4 is 4.90 Å². The molecule has 5 rings (SSSR count). The molecule has 1 atom stereocenters. The summed E-state index contributed by atoms with van der Waals surface area (Å²) in [6.45, 7) is 2.02. The van der Waals surface area contributed by atoms with Crippen molar-refractivity contribution in [3.8, 4) is 0 Å². The van der Waals surface area contributed by atoms with Gasteiger partial charge in [0, 0.05) is 11.1 Å². The number of carbonyl (C=O) groups is 2. The van der Waals surface area contributed by atoms with E-state index in [2.05, 4.69) is 0 Å². The molecule has 0 bridgehead atoms. The number of benzene rings is 3. The normalized spacial score (nSPS) is 16.1. The minimum Gasteiger partial charge on any atom is -0.503 e. The fourth-order valence-electron chi connectivity index (χ4n) is 4.18. The van der Waals surface area contributed by atoms with Crippen molar-refractivity contribution in [3.63, 3.8) is 0 Å². The molecule has 1 aliphatic rings. The Hall–Kier alpha value is -4.19. The number of rotatable bonds is 5. The number of furan rings is 1. The largest absolute Gasteiger partial charge is 0.503 e. The fourth-order valence-corrected chi connectivity index (χ4v) is 4.18. The molecule has 4 aromatic rings. The number of aliphatic hydroxyl groups is 1. The third-order valence-corrected chi connectivity index (χ3v) is 5.91. The summed E-state index contributed by atoms with van der Waals surface area (Å²) in [6.07, 6.45) is 0.828. The summed E-state index contributed by atoms with van der Waals surface area (Å²) in [5, 5.41) is 11.6. The van der Waals surface area contributed by atoms with E-state index in [0.29, 0.717) is 16.8 Å². The lowest BCUT2D eigenvalue weighted by molar-refractivity contribution is -0.117. The molecule has 0 fully saturated rings. The number of hydrogen-bond donors (Lipinski definition) is 1. The van der Waals surface area contributed by atoms with Gasteiger partial charge in [0.05, 0.1) is 11.6 Å². The molecule has 0 saturated carbocycles. The van der Waals surface area contributed by atoms with Crippen molar-refractivity contribution < 1.29 is 23.5 Å². The molecule has 6 heteroatoms. The summed E-state index contributed by atoms with van der Waals surface area (Å²) in [7, 11) is 0. The number of halogens is 1. The Bertz CT molecular complexity index is 1370. The van der Waals surface area contributed by atoms with Crippen molar-refractivity contribution in [3.05, 3.63) is 113 Å². The van der Waals surface area contributed by atoms with E-state index in [9.17, 15) is 19.1 Å². The molecule has 0 radical (unpaired) electrons. The van der Waals surface area contributed by atoms with E-state index >= 15 is 0 Å². The van der Waals surface area contributed by atoms with Crippen LogP contribution in [0.5, 0.6) is 0 Å². The van der Waals surface area contributed by atoms with Crippen molar-refractivity contribution in [1.82, 2.24) is 0 Å². The molecule has 1 N–H and O–H groups in total. The molecule has 33 heavy (non-hydrogen) atoms. The second-order valence-corrected chi connectivity index (χ2v) is 7.89. The number of anilines is 1. The predicted octanol–water partition coefficient (Wildman–Crippen LogP) is 5.92. The summed E-state index contributed by atoms with van der Waals surface area (Å²) in [5.74, 6) is -2.37. The monoisotopic (exact) mass is 441 g/mol. The topological polar surface area (TPSA) is 70.8 Å². The highest BCUT2D eigenvalue weighted by Crippen LogP contribution is 2.42. The van der Waals surface area contributed by atoms with Gasteiger partial charge < -0.3 is 9.52 Å². The third kappa shape index (κ3) is 3.49. The number of Topliss-reactive ketones (excluding diaryl/α,β-unsaturated/α-hetero) is 1. The van der Waals surface area contributed by atoms with Crippen LogP contribution in [0.2, 0.25) is 0 Å². The minimum absolute atomic E-state index is 0.0147. The predicted molar refractivity (Wildman–Crippen MR) is 123 cm³/mol. The highest BCUT2D eigenvalue weighted by Gasteiger charge is 2.45. The Kier molecular flexibility index (Phi) is 5.05. The van der Waals surface area contributed by atoms with Gasteiger partial charge in [0.2, 0.25) is 5.78 Å². The second kappa shape index (κ2) is 8.06. The van der Waals surface area contributed by atoms with Gasteiger partial charge in [-0.25, -0.2) is 4.39 Å². The minimum atomic E-state index is -0.939. The Labute approximate surface area is 189 Å². The van der Waals surface area contributed by atoms with E-state index in [1.807, 2.05) is 31.2 Å². The Balaban J connectivity index is 1.64. The van der Waals surface area contributed by atoms with Gasteiger partial charge in [0.25, 0.3) is 5.91 Å². The molecule has 1 amide bonds. The van der Waals surface area contributed by atoms with Crippen LogP contribution in [0.3, 0.4) is 0 Å². The number of amides is 1. The lowest BCUT2D eigenvalue weighted by Gasteiger charge is -2.27. The van der Waals surface area contributed by atoms with Gasteiger partial charge >= 0.3 is 0 Å². The van der Waals surface area contributed by atoms with E-state index in [1.54, 1.807) is 30.3 Å². The maximum absolute atomic E-state index is 13.6. The van der Waals surface area contributed by atoms with Crippen molar-refractivity contribution in [2.24, 2.45) is 0 Å². The molecule has 2 heterocycles. The van der Waals surface area contributed by atoms with Gasteiger partial charge in [0.1, 0.15) is 11.4 Å². The van der Waals surface area contributed by atoms with Crippen LogP contribution in [0.1, 0.15) is 34.6 Å². The maximum atomic E-state index is 13.6. The van der Waals surface area contributed by atoms with Gasteiger partial charge in [-0.3, -0.25) is 14.5 Å². The van der Waals surface area contributed by atoms with Crippen LogP contribution in [0.15, 0.2) is 94.6 Å². The molecule has 164 valence electrons. The Morgan fingerprint density at radius 1 is 1.03 bits per heavy atom. The molecule has 0 aliphatic carbocycles. The maximum Gasteiger partial charge on any atom is 0.294 e. The average molecular weight is 441 g/mol. The summed E-state index contributed by atoms with van der Waals surface area (Å²) in [6, 6.07) is 20.7. The molecule has 3 aromatic carbocycles. The summed E-state index contributed by atoms with van der Waals surface area (Å²) in [4.78, 5) is 28.1. The quantitative estimate of drug-likeness (QED) is 0.391. The number of ketones is 1. The third-order valence-electron chi connectivity index (χ3n) is 5.91. The van der Waals surface area contributed by atoms with Crippen molar-refractivity contribution in [2.45, 2.75) is 19.4 Å². The standard InChI is InChI=1S/C27H20FNO4/c1-2-16-7-13-20(14-8-16)29-24(17-9-11-19(28)12-10-17)23(26(31)27(29)32)25(30)22-15-18-5-3-4-6-21(18)33-22/h3-15,24,31H,2H2,1H3. The molecule has 1 aromatic heterocycles. The van der Waals surface area contributed by atoms with Crippen molar-refractivity contribution >= 4 is 28.3 Å². The Morgan fingerprint density at radius 3 is 2.39 bits per heavy atom. The van der Waals surface area contributed by atoms with Gasteiger partial charge in [-0.15, -0.1) is 0 Å².